The molecule has 1 nitrogen and oxygen atoms in total. The number of benzene rings is 1. The Morgan fingerprint density at radius 2 is 2.00 bits per heavy atom. The smallest absolute Gasteiger partial charge is 0.296 e. The number of terminal acetylenes is 1. The van der Waals surface area contributed by atoms with Gasteiger partial charge >= 0.3 is 0 Å². The molecule has 0 unspecified atom stereocenters. The lowest BCUT2D eigenvalue weighted by molar-refractivity contribution is -0.0558. The molecule has 68 valence electrons. The van der Waals surface area contributed by atoms with Crippen LogP contribution in [0.5, 0.6) is 0 Å². The Kier molecular flexibility index (Phi) is 2.64. The van der Waals surface area contributed by atoms with Crippen LogP contribution in [-0.4, -0.2) is 11.7 Å². The molecule has 0 aliphatic rings. The van der Waals surface area contributed by atoms with Crippen molar-refractivity contribution in [2.45, 2.75) is 5.92 Å². The maximum Gasteiger partial charge on any atom is 0.296 e. The molecular weight excluding hydrogens is 174 g/mol. The minimum Gasteiger partial charge on any atom is -0.390 e. The third kappa shape index (κ3) is 1.85. The van der Waals surface area contributed by atoms with Crippen LogP contribution in [0.15, 0.2) is 24.3 Å². The molecule has 1 rings (SSSR count). The largest absolute Gasteiger partial charge is 0.390 e. The highest BCUT2D eigenvalue weighted by molar-refractivity contribution is 5.42. The normalized spacial score (nSPS) is 10.9. The molecule has 0 bridgehead atoms. The molecule has 0 saturated carbocycles. The maximum absolute atomic E-state index is 13.0. The fraction of sp³-hybridized carbons (Fsp3) is 0.200. The third-order valence-electron chi connectivity index (χ3n) is 1.68. The summed E-state index contributed by atoms with van der Waals surface area (Å²) in [5.41, 5.74) is -0.193. The van der Waals surface area contributed by atoms with E-state index >= 15 is 0 Å². The molecule has 0 spiro atoms. The van der Waals surface area contributed by atoms with E-state index in [-0.39, 0.29) is 11.1 Å². The van der Waals surface area contributed by atoms with Gasteiger partial charge in [0.25, 0.3) is 5.92 Å². The van der Waals surface area contributed by atoms with Crippen LogP contribution >= 0.6 is 0 Å². The van der Waals surface area contributed by atoms with Gasteiger partial charge in [0.2, 0.25) is 0 Å². The van der Waals surface area contributed by atoms with Crippen LogP contribution in [0.2, 0.25) is 0 Å². The molecule has 0 aliphatic heterocycles. The first kappa shape index (κ1) is 9.69. The predicted octanol–water partition coefficient (Wildman–Crippen LogP) is 1.75. The Morgan fingerprint density at radius 3 is 2.54 bits per heavy atom. The predicted molar refractivity (Wildman–Crippen MR) is 45.4 cm³/mol. The van der Waals surface area contributed by atoms with Gasteiger partial charge in [-0.1, -0.05) is 24.1 Å². The van der Waals surface area contributed by atoms with Crippen molar-refractivity contribution in [3.05, 3.63) is 35.4 Å². The Morgan fingerprint density at radius 1 is 1.38 bits per heavy atom. The minimum atomic E-state index is -3.26. The maximum atomic E-state index is 13.0. The highest BCUT2D eigenvalue weighted by Gasteiger charge is 2.32. The molecule has 0 fully saturated rings. The number of alkyl halides is 2. The summed E-state index contributed by atoms with van der Waals surface area (Å²) in [4.78, 5) is 0. The lowest BCUT2D eigenvalue weighted by Gasteiger charge is -2.14. The van der Waals surface area contributed by atoms with Gasteiger partial charge in [-0.05, 0) is 6.07 Å². The summed E-state index contributed by atoms with van der Waals surface area (Å²) in [5.74, 6) is -1.12. The fourth-order valence-electron chi connectivity index (χ4n) is 1.01. The van der Waals surface area contributed by atoms with E-state index in [1.54, 1.807) is 6.07 Å². The molecule has 0 radical (unpaired) electrons. The van der Waals surface area contributed by atoms with E-state index in [1.807, 2.05) is 0 Å². The van der Waals surface area contributed by atoms with Gasteiger partial charge in [0, 0.05) is 11.1 Å². The number of rotatable bonds is 2. The number of hydrogen-bond donors (Lipinski definition) is 1. The zero-order valence-electron chi connectivity index (χ0n) is 6.80. The van der Waals surface area contributed by atoms with Gasteiger partial charge in [-0.3, -0.25) is 0 Å². The summed E-state index contributed by atoms with van der Waals surface area (Å²) in [7, 11) is 0. The molecule has 3 heteroatoms. The monoisotopic (exact) mass is 182 g/mol. The first-order chi connectivity index (χ1) is 6.11. The number of halogens is 2. The number of hydrogen-bond acceptors (Lipinski definition) is 1. The molecule has 0 heterocycles. The summed E-state index contributed by atoms with van der Waals surface area (Å²) in [6, 6.07) is 5.66. The zero-order chi connectivity index (χ0) is 9.90. The average Bonchev–Trinajstić information content (AvgIpc) is 2.18. The van der Waals surface area contributed by atoms with E-state index in [9.17, 15) is 8.78 Å². The summed E-state index contributed by atoms with van der Waals surface area (Å²) >= 11 is 0. The summed E-state index contributed by atoms with van der Waals surface area (Å²) in [6.07, 6.45) is 5.04. The molecule has 1 aromatic carbocycles. The van der Waals surface area contributed by atoms with Crippen molar-refractivity contribution in [2.75, 3.05) is 6.61 Å². The average molecular weight is 182 g/mol. The molecular formula is C10H8F2O. The summed E-state index contributed by atoms with van der Waals surface area (Å²) in [6.45, 7) is -1.23. The van der Waals surface area contributed by atoms with Crippen LogP contribution in [0.4, 0.5) is 8.78 Å². The van der Waals surface area contributed by atoms with E-state index in [0.717, 1.165) is 0 Å². The van der Waals surface area contributed by atoms with Crippen LogP contribution < -0.4 is 0 Å². The van der Waals surface area contributed by atoms with Crippen molar-refractivity contribution < 1.29 is 13.9 Å². The van der Waals surface area contributed by atoms with Crippen molar-refractivity contribution in [1.29, 1.82) is 0 Å². The minimum absolute atomic E-state index is 0.113. The van der Waals surface area contributed by atoms with Gasteiger partial charge in [0.05, 0.1) is 0 Å². The Bertz CT molecular complexity index is 339. The SMILES string of the molecule is C#Cc1ccccc1C(F)(F)CO. The van der Waals surface area contributed by atoms with E-state index < -0.39 is 12.5 Å². The molecule has 0 aliphatic carbocycles. The van der Waals surface area contributed by atoms with E-state index in [4.69, 9.17) is 11.5 Å². The first-order valence-corrected chi connectivity index (χ1v) is 3.66. The van der Waals surface area contributed by atoms with Crippen LogP contribution in [-0.2, 0) is 5.92 Å². The van der Waals surface area contributed by atoms with Gasteiger partial charge < -0.3 is 5.11 Å². The third-order valence-corrected chi connectivity index (χ3v) is 1.68. The zero-order valence-corrected chi connectivity index (χ0v) is 6.80. The van der Waals surface area contributed by atoms with Crippen LogP contribution in [0.1, 0.15) is 11.1 Å². The molecule has 0 amide bonds. The van der Waals surface area contributed by atoms with Gasteiger partial charge in [-0.15, -0.1) is 6.42 Å². The van der Waals surface area contributed by atoms with Crippen molar-refractivity contribution in [1.82, 2.24) is 0 Å². The second kappa shape index (κ2) is 3.55. The first-order valence-electron chi connectivity index (χ1n) is 3.66. The van der Waals surface area contributed by atoms with E-state index in [1.165, 1.54) is 18.2 Å². The molecule has 13 heavy (non-hydrogen) atoms. The van der Waals surface area contributed by atoms with Crippen molar-refractivity contribution >= 4 is 0 Å². The van der Waals surface area contributed by atoms with Gasteiger partial charge in [-0.25, -0.2) is 0 Å². The van der Waals surface area contributed by atoms with Crippen LogP contribution in [0, 0.1) is 12.3 Å². The van der Waals surface area contributed by atoms with E-state index in [2.05, 4.69) is 5.92 Å². The standard InChI is InChI=1S/C10H8F2O/c1-2-8-5-3-4-6-9(8)10(11,12)7-13/h1,3-6,13H,7H2. The molecule has 0 atom stereocenters. The molecule has 1 aromatic rings. The Balaban J connectivity index is 3.22. The van der Waals surface area contributed by atoms with Crippen LogP contribution in [0.25, 0.3) is 0 Å². The second-order valence-electron chi connectivity index (χ2n) is 2.55. The number of aliphatic hydroxyl groups excluding tert-OH is 1. The number of aliphatic hydroxyl groups is 1. The van der Waals surface area contributed by atoms with Crippen molar-refractivity contribution in [3.63, 3.8) is 0 Å². The fourth-order valence-corrected chi connectivity index (χ4v) is 1.01. The summed E-state index contributed by atoms with van der Waals surface area (Å²) < 4.78 is 26.0. The van der Waals surface area contributed by atoms with Gasteiger partial charge in [-0.2, -0.15) is 8.78 Å². The van der Waals surface area contributed by atoms with Crippen LogP contribution in [0.3, 0.4) is 0 Å². The lowest BCUT2D eigenvalue weighted by atomic mass is 10.0. The molecule has 1 N–H and O–H groups in total. The Hall–Kier alpha value is -1.40. The Labute approximate surface area is 75.0 Å². The molecule has 0 aromatic heterocycles. The van der Waals surface area contributed by atoms with Crippen molar-refractivity contribution in [2.24, 2.45) is 0 Å². The summed E-state index contributed by atoms with van der Waals surface area (Å²) in [5, 5.41) is 8.45. The lowest BCUT2D eigenvalue weighted by Crippen LogP contribution is -2.19. The van der Waals surface area contributed by atoms with E-state index in [0.29, 0.717) is 0 Å². The topological polar surface area (TPSA) is 20.2 Å². The quantitative estimate of drug-likeness (QED) is 0.691. The second-order valence-corrected chi connectivity index (χ2v) is 2.55. The molecule has 0 saturated heterocycles. The van der Waals surface area contributed by atoms with Gasteiger partial charge in [0.15, 0.2) is 0 Å². The highest BCUT2D eigenvalue weighted by atomic mass is 19.3. The van der Waals surface area contributed by atoms with Gasteiger partial charge in [0.1, 0.15) is 6.61 Å². The highest BCUT2D eigenvalue weighted by Crippen LogP contribution is 2.29. The van der Waals surface area contributed by atoms with Crippen molar-refractivity contribution in [3.8, 4) is 12.3 Å².